The second kappa shape index (κ2) is 4.13. The van der Waals surface area contributed by atoms with Gasteiger partial charge in [-0.3, -0.25) is 0 Å². The molecular weight excluding hydrogens is 184 g/mol. The van der Waals surface area contributed by atoms with E-state index in [4.69, 9.17) is 5.73 Å². The van der Waals surface area contributed by atoms with Gasteiger partial charge in [-0.1, -0.05) is 24.3 Å². The molecule has 2 N–H and O–H groups in total. The minimum absolute atomic E-state index is 0.584. The molecule has 0 bridgehead atoms. The smallest absolute Gasteiger partial charge is 0.123 e. The van der Waals surface area contributed by atoms with Crippen molar-refractivity contribution in [2.75, 3.05) is 5.73 Å². The Morgan fingerprint density at radius 2 is 2.00 bits per heavy atom. The third kappa shape index (κ3) is 2.34. The number of benzene rings is 1. The van der Waals surface area contributed by atoms with E-state index >= 15 is 0 Å². The highest BCUT2D eigenvalue weighted by atomic mass is 14.8. The molecule has 1 aromatic carbocycles. The molecule has 15 heavy (non-hydrogen) atoms. The third-order valence-electron chi connectivity index (χ3n) is 2.50. The van der Waals surface area contributed by atoms with E-state index < -0.39 is 0 Å². The fraction of sp³-hybridized carbons (Fsp3) is 0.154. The molecule has 0 spiro atoms. The predicted molar refractivity (Wildman–Crippen MR) is 62.6 cm³/mol. The fourth-order valence-corrected chi connectivity index (χ4v) is 1.63. The van der Waals surface area contributed by atoms with Crippen LogP contribution in [0.25, 0.3) is 0 Å². The molecule has 2 rings (SSSR count). The fourth-order valence-electron chi connectivity index (χ4n) is 1.63. The van der Waals surface area contributed by atoms with Crippen LogP contribution in [0.4, 0.5) is 5.82 Å². The summed E-state index contributed by atoms with van der Waals surface area (Å²) in [5.74, 6) is 0.584. The Morgan fingerprint density at radius 3 is 2.73 bits per heavy atom. The Kier molecular flexibility index (Phi) is 2.68. The van der Waals surface area contributed by atoms with Gasteiger partial charge in [-0.25, -0.2) is 4.98 Å². The average molecular weight is 198 g/mol. The molecule has 1 aromatic heterocycles. The summed E-state index contributed by atoms with van der Waals surface area (Å²) in [6, 6.07) is 12.3. The molecule has 76 valence electrons. The van der Waals surface area contributed by atoms with Crippen LogP contribution in [0, 0.1) is 6.92 Å². The molecule has 2 aromatic rings. The number of nitrogens with two attached hydrogens (primary N) is 1. The normalized spacial score (nSPS) is 10.2. The van der Waals surface area contributed by atoms with Crippen LogP contribution in [-0.4, -0.2) is 4.98 Å². The Bertz CT molecular complexity index is 464. The first-order chi connectivity index (χ1) is 7.25. The van der Waals surface area contributed by atoms with Crippen LogP contribution < -0.4 is 5.73 Å². The Morgan fingerprint density at radius 1 is 1.20 bits per heavy atom. The van der Waals surface area contributed by atoms with Crippen molar-refractivity contribution in [2.45, 2.75) is 13.3 Å². The van der Waals surface area contributed by atoms with Gasteiger partial charge in [0, 0.05) is 6.20 Å². The summed E-state index contributed by atoms with van der Waals surface area (Å²) in [5.41, 5.74) is 9.49. The largest absolute Gasteiger partial charge is 0.384 e. The van der Waals surface area contributed by atoms with E-state index in [9.17, 15) is 0 Å². The van der Waals surface area contributed by atoms with Gasteiger partial charge >= 0.3 is 0 Å². The van der Waals surface area contributed by atoms with E-state index in [1.54, 1.807) is 6.20 Å². The number of hydrogen-bond acceptors (Lipinski definition) is 2. The summed E-state index contributed by atoms with van der Waals surface area (Å²) in [5, 5.41) is 0. The van der Waals surface area contributed by atoms with Crippen molar-refractivity contribution < 1.29 is 0 Å². The quantitative estimate of drug-likeness (QED) is 0.805. The van der Waals surface area contributed by atoms with E-state index in [1.165, 1.54) is 16.7 Å². The van der Waals surface area contributed by atoms with Gasteiger partial charge in [0.15, 0.2) is 0 Å². The van der Waals surface area contributed by atoms with Crippen molar-refractivity contribution in [2.24, 2.45) is 0 Å². The molecular formula is C13H14N2. The van der Waals surface area contributed by atoms with Crippen molar-refractivity contribution in [3.8, 4) is 0 Å². The van der Waals surface area contributed by atoms with Gasteiger partial charge in [0.2, 0.25) is 0 Å². The lowest BCUT2D eigenvalue weighted by Crippen LogP contribution is -1.95. The van der Waals surface area contributed by atoms with Crippen LogP contribution in [0.5, 0.6) is 0 Å². The molecule has 0 saturated carbocycles. The first-order valence-corrected chi connectivity index (χ1v) is 5.00. The van der Waals surface area contributed by atoms with Gasteiger partial charge in [0.25, 0.3) is 0 Å². The lowest BCUT2D eigenvalue weighted by molar-refractivity contribution is 1.14. The van der Waals surface area contributed by atoms with Gasteiger partial charge in [0.05, 0.1) is 0 Å². The molecule has 2 nitrogen and oxygen atoms in total. The average Bonchev–Trinajstić information content (AvgIpc) is 2.22. The highest BCUT2D eigenvalue weighted by molar-refractivity contribution is 5.37. The van der Waals surface area contributed by atoms with E-state index in [-0.39, 0.29) is 0 Å². The molecule has 1 heterocycles. The molecule has 0 fully saturated rings. The monoisotopic (exact) mass is 198 g/mol. The number of aryl methyl sites for hydroxylation is 1. The lowest BCUT2D eigenvalue weighted by atomic mass is 10.0. The number of rotatable bonds is 2. The molecule has 0 unspecified atom stereocenters. The minimum atomic E-state index is 0.584. The number of aromatic nitrogens is 1. The highest BCUT2D eigenvalue weighted by Crippen LogP contribution is 2.14. The van der Waals surface area contributed by atoms with Crippen LogP contribution in [0.1, 0.15) is 16.7 Å². The number of nitrogens with zero attached hydrogens (tertiary/aromatic N) is 1. The summed E-state index contributed by atoms with van der Waals surface area (Å²) in [6.45, 7) is 2.12. The zero-order valence-corrected chi connectivity index (χ0v) is 8.77. The second-order valence-electron chi connectivity index (χ2n) is 3.69. The van der Waals surface area contributed by atoms with E-state index in [0.29, 0.717) is 5.82 Å². The number of nitrogen functional groups attached to an aromatic ring is 1. The lowest BCUT2D eigenvalue weighted by Gasteiger charge is -2.05. The number of pyridine rings is 1. The van der Waals surface area contributed by atoms with Crippen molar-refractivity contribution >= 4 is 5.82 Å². The summed E-state index contributed by atoms with van der Waals surface area (Å²) in [7, 11) is 0. The van der Waals surface area contributed by atoms with Gasteiger partial charge in [-0.05, 0) is 42.2 Å². The molecule has 0 radical (unpaired) electrons. The summed E-state index contributed by atoms with van der Waals surface area (Å²) in [4.78, 5) is 3.98. The van der Waals surface area contributed by atoms with E-state index in [2.05, 4.69) is 36.2 Å². The maximum absolute atomic E-state index is 5.64. The SMILES string of the molecule is Cc1ccccc1Cc1ccnc(N)c1. The van der Waals surface area contributed by atoms with Crippen molar-refractivity contribution in [3.05, 3.63) is 59.3 Å². The summed E-state index contributed by atoms with van der Waals surface area (Å²) >= 11 is 0. The topological polar surface area (TPSA) is 38.9 Å². The zero-order valence-electron chi connectivity index (χ0n) is 8.77. The predicted octanol–water partition coefficient (Wildman–Crippen LogP) is 2.56. The Hall–Kier alpha value is -1.83. The first-order valence-electron chi connectivity index (χ1n) is 5.00. The van der Waals surface area contributed by atoms with Crippen LogP contribution in [-0.2, 0) is 6.42 Å². The third-order valence-corrected chi connectivity index (χ3v) is 2.50. The summed E-state index contributed by atoms with van der Waals surface area (Å²) < 4.78 is 0. The van der Waals surface area contributed by atoms with E-state index in [0.717, 1.165) is 6.42 Å². The van der Waals surface area contributed by atoms with Crippen LogP contribution in [0.3, 0.4) is 0 Å². The minimum Gasteiger partial charge on any atom is -0.384 e. The maximum Gasteiger partial charge on any atom is 0.123 e. The molecule has 0 saturated heterocycles. The standard InChI is InChI=1S/C13H14N2/c1-10-4-2-3-5-12(10)8-11-6-7-15-13(14)9-11/h2-7,9H,8H2,1H3,(H2,14,15). The molecule has 0 atom stereocenters. The van der Waals surface area contributed by atoms with Gasteiger partial charge in [-0.15, -0.1) is 0 Å². The summed E-state index contributed by atoms with van der Waals surface area (Å²) in [6.07, 6.45) is 2.67. The van der Waals surface area contributed by atoms with Gasteiger partial charge in [-0.2, -0.15) is 0 Å². The second-order valence-corrected chi connectivity index (χ2v) is 3.69. The zero-order chi connectivity index (χ0) is 10.7. The molecule has 0 aliphatic heterocycles. The molecule has 2 heteroatoms. The van der Waals surface area contributed by atoms with Crippen molar-refractivity contribution in [3.63, 3.8) is 0 Å². The Labute approximate surface area is 89.8 Å². The number of hydrogen-bond donors (Lipinski definition) is 1. The van der Waals surface area contributed by atoms with Gasteiger partial charge in [0.1, 0.15) is 5.82 Å². The van der Waals surface area contributed by atoms with Crippen LogP contribution >= 0.6 is 0 Å². The highest BCUT2D eigenvalue weighted by Gasteiger charge is 1.99. The van der Waals surface area contributed by atoms with Crippen molar-refractivity contribution in [1.29, 1.82) is 0 Å². The van der Waals surface area contributed by atoms with Crippen molar-refractivity contribution in [1.82, 2.24) is 4.98 Å². The molecule has 0 aliphatic carbocycles. The molecule has 0 aliphatic rings. The Balaban J connectivity index is 2.26. The van der Waals surface area contributed by atoms with Crippen LogP contribution in [0.15, 0.2) is 42.6 Å². The molecule has 0 amide bonds. The number of anilines is 1. The maximum atomic E-state index is 5.64. The van der Waals surface area contributed by atoms with Gasteiger partial charge < -0.3 is 5.73 Å². The first kappa shape index (κ1) is 9.71. The van der Waals surface area contributed by atoms with E-state index in [1.807, 2.05) is 12.1 Å². The van der Waals surface area contributed by atoms with Crippen LogP contribution in [0.2, 0.25) is 0 Å².